The van der Waals surface area contributed by atoms with Crippen LogP contribution in [-0.2, 0) is 11.2 Å². The third-order valence-electron chi connectivity index (χ3n) is 3.02. The Bertz CT molecular complexity index is 494. The predicted molar refractivity (Wildman–Crippen MR) is 70.7 cm³/mol. The van der Waals surface area contributed by atoms with Gasteiger partial charge in [0.05, 0.1) is 20.3 Å². The largest absolute Gasteiger partial charge is 0.493 e. The van der Waals surface area contributed by atoms with Crippen LogP contribution in [0.5, 0.6) is 11.5 Å². The molecule has 1 rings (SSSR count). The zero-order valence-electron chi connectivity index (χ0n) is 11.3. The van der Waals surface area contributed by atoms with Crippen molar-refractivity contribution in [3.05, 3.63) is 23.8 Å². The second-order valence-corrected chi connectivity index (χ2v) is 4.38. The predicted octanol–water partition coefficient (Wildman–Crippen LogP) is 1.51. The molecule has 0 heterocycles. The zero-order chi connectivity index (χ0) is 14.4. The first kappa shape index (κ1) is 14.8. The average Bonchev–Trinajstić information content (AvgIpc) is 2.38. The van der Waals surface area contributed by atoms with Crippen LogP contribution in [-0.4, -0.2) is 20.1 Å². The maximum atomic E-state index is 11.1. The molecule has 1 aromatic rings. The minimum atomic E-state index is -0.784. The second kappa shape index (κ2) is 6.64. The number of nitriles is 1. The van der Waals surface area contributed by atoms with Gasteiger partial charge in [-0.25, -0.2) is 0 Å². The fourth-order valence-corrected chi connectivity index (χ4v) is 1.97. The second-order valence-electron chi connectivity index (χ2n) is 4.38. The number of primary amides is 1. The molecule has 0 aliphatic carbocycles. The molecular formula is C14H18N2O3. The van der Waals surface area contributed by atoms with E-state index in [0.717, 1.165) is 5.56 Å². The molecule has 0 radical (unpaired) electrons. The van der Waals surface area contributed by atoms with Crippen molar-refractivity contribution in [1.29, 1.82) is 5.26 Å². The molecule has 2 unspecified atom stereocenters. The summed E-state index contributed by atoms with van der Waals surface area (Å²) in [6.07, 6.45) is 0.571. The van der Waals surface area contributed by atoms with Gasteiger partial charge in [0, 0.05) is 0 Å². The molecule has 0 aliphatic heterocycles. The first-order valence-corrected chi connectivity index (χ1v) is 5.93. The lowest BCUT2D eigenvalue weighted by Gasteiger charge is -2.16. The molecule has 102 valence electrons. The molecule has 1 amide bonds. The van der Waals surface area contributed by atoms with Crippen molar-refractivity contribution in [3.63, 3.8) is 0 Å². The third-order valence-corrected chi connectivity index (χ3v) is 3.02. The summed E-state index contributed by atoms with van der Waals surface area (Å²) in [5.74, 6) is -0.255. The van der Waals surface area contributed by atoms with Crippen LogP contribution in [0.1, 0.15) is 12.5 Å². The molecule has 19 heavy (non-hydrogen) atoms. The average molecular weight is 262 g/mol. The number of hydrogen-bond acceptors (Lipinski definition) is 4. The van der Waals surface area contributed by atoms with Crippen molar-refractivity contribution < 1.29 is 14.3 Å². The number of ether oxygens (including phenoxy) is 2. The number of amides is 1. The molecule has 0 aliphatic rings. The van der Waals surface area contributed by atoms with Gasteiger partial charge in [-0.3, -0.25) is 4.79 Å². The lowest BCUT2D eigenvalue weighted by atomic mass is 9.89. The van der Waals surface area contributed by atoms with E-state index in [1.165, 1.54) is 0 Å². The van der Waals surface area contributed by atoms with Gasteiger partial charge in [0.25, 0.3) is 0 Å². The lowest BCUT2D eigenvalue weighted by Crippen LogP contribution is -2.28. The van der Waals surface area contributed by atoms with Gasteiger partial charge in [0.15, 0.2) is 11.5 Å². The van der Waals surface area contributed by atoms with Crippen molar-refractivity contribution >= 4 is 5.91 Å². The molecule has 1 aromatic carbocycles. The fraction of sp³-hybridized carbons (Fsp3) is 0.429. The molecule has 0 spiro atoms. The lowest BCUT2D eigenvalue weighted by molar-refractivity contribution is -0.121. The molecule has 5 heteroatoms. The van der Waals surface area contributed by atoms with E-state index in [1.54, 1.807) is 20.3 Å². The standard InChI is InChI=1S/C14H18N2O3/c1-9(11(8-15)14(16)17)6-10-4-5-12(18-2)13(7-10)19-3/h4-5,7,9,11H,6H2,1-3H3,(H2,16,17). The van der Waals surface area contributed by atoms with Crippen LogP contribution in [0.15, 0.2) is 18.2 Å². The smallest absolute Gasteiger partial charge is 0.235 e. The van der Waals surface area contributed by atoms with Gasteiger partial charge in [0.2, 0.25) is 5.91 Å². The van der Waals surface area contributed by atoms with E-state index in [-0.39, 0.29) is 5.92 Å². The van der Waals surface area contributed by atoms with E-state index in [2.05, 4.69) is 0 Å². The highest BCUT2D eigenvalue weighted by Gasteiger charge is 2.23. The molecule has 5 nitrogen and oxygen atoms in total. The number of carbonyl (C=O) groups excluding carboxylic acids is 1. The number of rotatable bonds is 6. The minimum Gasteiger partial charge on any atom is -0.493 e. The number of benzene rings is 1. The summed E-state index contributed by atoms with van der Waals surface area (Å²) >= 11 is 0. The minimum absolute atomic E-state index is 0.152. The van der Waals surface area contributed by atoms with Crippen LogP contribution in [0.25, 0.3) is 0 Å². The van der Waals surface area contributed by atoms with E-state index in [1.807, 2.05) is 25.1 Å². The SMILES string of the molecule is COc1ccc(CC(C)C(C#N)C(N)=O)cc1OC. The highest BCUT2D eigenvalue weighted by atomic mass is 16.5. The molecule has 2 atom stereocenters. The Morgan fingerprint density at radius 1 is 1.37 bits per heavy atom. The summed E-state index contributed by atoms with van der Waals surface area (Å²) in [7, 11) is 3.13. The van der Waals surface area contributed by atoms with Gasteiger partial charge in [-0.05, 0) is 30.0 Å². The Morgan fingerprint density at radius 3 is 2.47 bits per heavy atom. The summed E-state index contributed by atoms with van der Waals surface area (Å²) in [5, 5.41) is 8.93. The van der Waals surface area contributed by atoms with Gasteiger partial charge in [-0.2, -0.15) is 5.26 Å². The first-order chi connectivity index (χ1) is 9.03. The summed E-state index contributed by atoms with van der Waals surface area (Å²) in [6.45, 7) is 1.83. The van der Waals surface area contributed by atoms with E-state index in [4.69, 9.17) is 20.5 Å². The molecule has 2 N–H and O–H groups in total. The molecule has 0 saturated carbocycles. The van der Waals surface area contributed by atoms with E-state index >= 15 is 0 Å². The Morgan fingerprint density at radius 2 is 2.00 bits per heavy atom. The first-order valence-electron chi connectivity index (χ1n) is 5.93. The summed E-state index contributed by atoms with van der Waals surface area (Å²) in [6, 6.07) is 7.46. The normalized spacial score (nSPS) is 13.2. The van der Waals surface area contributed by atoms with E-state index < -0.39 is 11.8 Å². The van der Waals surface area contributed by atoms with Gasteiger partial charge < -0.3 is 15.2 Å². The van der Waals surface area contributed by atoms with E-state index in [0.29, 0.717) is 17.9 Å². The monoisotopic (exact) mass is 262 g/mol. The van der Waals surface area contributed by atoms with Crippen LogP contribution in [0.2, 0.25) is 0 Å². The molecular weight excluding hydrogens is 244 g/mol. The molecule has 0 aromatic heterocycles. The van der Waals surface area contributed by atoms with E-state index in [9.17, 15) is 4.79 Å². The van der Waals surface area contributed by atoms with Crippen molar-refractivity contribution in [3.8, 4) is 17.6 Å². The fourth-order valence-electron chi connectivity index (χ4n) is 1.97. The van der Waals surface area contributed by atoms with Crippen LogP contribution < -0.4 is 15.2 Å². The number of hydrogen-bond donors (Lipinski definition) is 1. The van der Waals surface area contributed by atoms with Crippen molar-refractivity contribution in [2.75, 3.05) is 14.2 Å². The van der Waals surface area contributed by atoms with Gasteiger partial charge in [-0.1, -0.05) is 13.0 Å². The summed E-state index contributed by atoms with van der Waals surface area (Å²) in [5.41, 5.74) is 6.16. The highest BCUT2D eigenvalue weighted by molar-refractivity contribution is 5.79. The van der Waals surface area contributed by atoms with Crippen molar-refractivity contribution in [1.82, 2.24) is 0 Å². The van der Waals surface area contributed by atoms with Gasteiger partial charge in [0.1, 0.15) is 5.92 Å². The Hall–Kier alpha value is -2.22. The maximum Gasteiger partial charge on any atom is 0.235 e. The Balaban J connectivity index is 2.88. The van der Waals surface area contributed by atoms with Crippen LogP contribution in [0.4, 0.5) is 0 Å². The zero-order valence-corrected chi connectivity index (χ0v) is 11.3. The topological polar surface area (TPSA) is 85.3 Å². The molecule has 0 saturated heterocycles. The maximum absolute atomic E-state index is 11.1. The van der Waals surface area contributed by atoms with Crippen LogP contribution >= 0.6 is 0 Å². The number of nitrogens with zero attached hydrogens (tertiary/aromatic N) is 1. The van der Waals surface area contributed by atoms with Crippen molar-refractivity contribution in [2.24, 2.45) is 17.6 Å². The highest BCUT2D eigenvalue weighted by Crippen LogP contribution is 2.29. The quantitative estimate of drug-likeness (QED) is 0.842. The van der Waals surface area contributed by atoms with Crippen LogP contribution in [0.3, 0.4) is 0 Å². The summed E-state index contributed by atoms with van der Waals surface area (Å²) < 4.78 is 10.4. The number of carbonyl (C=O) groups is 1. The molecule has 0 bridgehead atoms. The Kier molecular flexibility index (Phi) is 5.19. The Labute approximate surface area is 112 Å². The summed E-state index contributed by atoms with van der Waals surface area (Å²) in [4.78, 5) is 11.1. The molecule has 0 fully saturated rings. The third kappa shape index (κ3) is 3.62. The number of methoxy groups -OCH3 is 2. The van der Waals surface area contributed by atoms with Gasteiger partial charge >= 0.3 is 0 Å². The van der Waals surface area contributed by atoms with Gasteiger partial charge in [-0.15, -0.1) is 0 Å². The van der Waals surface area contributed by atoms with Crippen LogP contribution in [0, 0.1) is 23.2 Å². The van der Waals surface area contributed by atoms with Crippen molar-refractivity contribution in [2.45, 2.75) is 13.3 Å². The number of nitrogens with two attached hydrogens (primary N) is 1.